The molecule has 24 aromatic rings. The summed E-state index contributed by atoms with van der Waals surface area (Å²) in [5.41, 5.74) is 10.6. The second-order valence-corrected chi connectivity index (χ2v) is 46.8. The van der Waals surface area contributed by atoms with Gasteiger partial charge in [0.05, 0.1) is 27.9 Å². The van der Waals surface area contributed by atoms with E-state index in [2.05, 4.69) is 561 Å². The molecule has 0 unspecified atom stereocenters. The first-order valence-corrected chi connectivity index (χ1v) is 56.6. The summed E-state index contributed by atoms with van der Waals surface area (Å²) in [5.74, 6) is 0. The number of aromatic nitrogens is 5. The molecule has 24 rings (SSSR count). The van der Waals surface area contributed by atoms with E-state index in [1.54, 1.807) is 0 Å². The third kappa shape index (κ3) is 23.3. The maximum absolute atomic E-state index is 4.82. The number of para-hydroxylation sites is 2. The number of benzene rings is 19. The average molecular weight is 1930 g/mol. The smallest absolute Gasteiger partial charge is 0.0786 e. The van der Waals surface area contributed by atoms with Gasteiger partial charge in [-0.3, -0.25) is 24.9 Å². The van der Waals surface area contributed by atoms with Crippen LogP contribution in [-0.2, 0) is 0 Å². The predicted octanol–water partition coefficient (Wildman–Crippen LogP) is 27.0. The third-order valence-corrected chi connectivity index (χ3v) is 38.0. The lowest BCUT2D eigenvalue weighted by molar-refractivity contribution is 1.33. The minimum atomic E-state index is -0.719. The van der Waals surface area contributed by atoms with Gasteiger partial charge in [0.2, 0.25) is 0 Å². The molecule has 11 heteroatoms. The van der Waals surface area contributed by atoms with Crippen LogP contribution in [0.15, 0.2) is 589 Å². The molecule has 5 nitrogen and oxygen atoms in total. The Morgan fingerprint density at radius 2 is 0.451 bits per heavy atom. The van der Waals surface area contributed by atoms with Crippen LogP contribution in [0.1, 0.15) is 0 Å². The average Bonchev–Trinajstić information content (AvgIpc) is 0.746. The van der Waals surface area contributed by atoms with Crippen LogP contribution in [0.3, 0.4) is 0 Å². The van der Waals surface area contributed by atoms with E-state index in [1.807, 2.05) is 61.3 Å². The van der Waals surface area contributed by atoms with E-state index in [4.69, 9.17) is 4.98 Å². The highest BCUT2D eigenvalue weighted by molar-refractivity contribution is 7.81. The second kappa shape index (κ2) is 48.6. The Bertz CT molecular complexity index is 7860. The van der Waals surface area contributed by atoms with Crippen LogP contribution in [0.2, 0.25) is 0 Å². The Labute approximate surface area is 841 Å². The summed E-state index contributed by atoms with van der Waals surface area (Å²) in [4.78, 5) is 23.1. The van der Waals surface area contributed by atoms with E-state index in [0.29, 0.717) is 0 Å². The number of hydrogen-bond acceptors (Lipinski definition) is 5. The fourth-order valence-electron chi connectivity index (χ4n) is 17.9. The fraction of sp³-hybridized carbons (Fsp3) is 0.0153. The van der Waals surface area contributed by atoms with E-state index in [0.717, 1.165) is 22.3 Å². The minimum absolute atomic E-state index is 0.0579. The summed E-state index contributed by atoms with van der Waals surface area (Å²) in [5, 5.41) is 30.3. The summed E-state index contributed by atoms with van der Waals surface area (Å²) in [6.45, 7) is 4.53. The topological polar surface area (TPSA) is 64.5 Å². The van der Waals surface area contributed by atoms with Gasteiger partial charge in [-0.05, 0) is 194 Å². The van der Waals surface area contributed by atoms with E-state index in [-0.39, 0.29) is 7.92 Å². The lowest BCUT2D eigenvalue weighted by Gasteiger charge is -2.24. The molecule has 0 fully saturated rings. The third-order valence-electron chi connectivity index (χ3n) is 24.3. The van der Waals surface area contributed by atoms with Gasteiger partial charge in [-0.25, -0.2) is 0 Å². The van der Waals surface area contributed by atoms with Gasteiger partial charge in [-0.2, -0.15) is 0 Å². The van der Waals surface area contributed by atoms with E-state index in [1.165, 1.54) is 150 Å². The zero-order chi connectivity index (χ0) is 96.1. The monoisotopic (exact) mass is 1930 g/mol. The molecule has 0 amide bonds. The van der Waals surface area contributed by atoms with Crippen LogP contribution < -0.4 is 85.0 Å². The number of pyridine rings is 5. The van der Waals surface area contributed by atoms with Crippen molar-refractivity contribution < 1.29 is 0 Å². The molecule has 0 radical (unpaired) electrons. The van der Waals surface area contributed by atoms with Crippen molar-refractivity contribution in [1.29, 1.82) is 0 Å². The molecule has 19 aromatic carbocycles. The zero-order valence-corrected chi connectivity index (χ0v) is 84.3. The summed E-state index contributed by atoms with van der Waals surface area (Å²) in [6, 6.07) is 198. The molecule has 0 spiro atoms. The first-order valence-electron chi connectivity index (χ1n) is 47.6. The molecule has 0 atom stereocenters. The lowest BCUT2D eigenvalue weighted by atomic mass is 9.94. The quantitative estimate of drug-likeness (QED) is 0.0755. The Hall–Kier alpha value is -15.2. The van der Waals surface area contributed by atoms with Crippen LogP contribution in [0.25, 0.3) is 87.8 Å². The molecule has 0 saturated carbocycles. The first-order chi connectivity index (χ1) is 70.4. The molecular weight excluding hydrogens is 1830 g/mol. The standard InChI is InChI=1S/C32H23P.C27H20NP.C23H18NP.C21H16NP.C17H14NP.C11H12NP/c1-3-15-26(16-4-1)33(27-17-5-2-6-18-27)31-23-22-25-13-8-10-20-29(25)32(31)30-21-11-14-24-12-7-9-19-28(24)30;1-3-12-22(13-4-1)29(23-14-5-2-6-15-23)26-18-10-9-17-25(26)27-24-16-8-7-11-21(24)19-20-28-27;1-3-11-19(12-4-1)25(20-13-5-2-6-14-20)23-17-8-7-15-21(23)22-16-9-10-18-24-22;1-3-11-18(12-4-1)23(19-13-5-2-6-14-19)20-15-7-9-17-10-8-16-22-21(17)20;1-3-9-15(10-4-1)19(16-11-5-2-6-12-16)17-13-7-8-14-18-17;1-13(2)10-7-3-5-9-6-4-8-12-11(9)10/h1-23H;1-20H;1-18H;1-16H;1-14H;3-8H,1-2H3. The van der Waals surface area contributed by atoms with Crippen LogP contribution >= 0.6 is 47.5 Å². The summed E-state index contributed by atoms with van der Waals surface area (Å²) in [7, 11) is -3.26. The number of fused-ring (bicyclic) bond motifs is 5. The van der Waals surface area contributed by atoms with Crippen LogP contribution in [0.5, 0.6) is 0 Å². The van der Waals surface area contributed by atoms with Gasteiger partial charge in [0.15, 0.2) is 0 Å². The number of rotatable bonds is 19. The van der Waals surface area contributed by atoms with Crippen molar-refractivity contribution in [3.05, 3.63) is 589 Å². The lowest BCUT2D eigenvalue weighted by Crippen LogP contribution is -2.22. The highest BCUT2D eigenvalue weighted by atomic mass is 31.1. The van der Waals surface area contributed by atoms with Gasteiger partial charge < -0.3 is 0 Å². The van der Waals surface area contributed by atoms with Crippen LogP contribution in [0.4, 0.5) is 0 Å². The number of nitrogens with zero attached hydrogens (tertiary/aromatic N) is 5. The van der Waals surface area contributed by atoms with Crippen LogP contribution in [0, 0.1) is 0 Å². The molecule has 0 aliphatic carbocycles. The van der Waals surface area contributed by atoms with E-state index < -0.39 is 39.6 Å². The van der Waals surface area contributed by atoms with Gasteiger partial charge in [0.25, 0.3) is 0 Å². The molecule has 142 heavy (non-hydrogen) atoms. The van der Waals surface area contributed by atoms with Crippen molar-refractivity contribution in [2.24, 2.45) is 0 Å². The molecule has 682 valence electrons. The van der Waals surface area contributed by atoms with E-state index in [9.17, 15) is 0 Å². The molecule has 0 N–H and O–H groups in total. The second-order valence-electron chi connectivity index (χ2n) is 33.7. The molecule has 5 aromatic heterocycles. The molecule has 5 heterocycles. The summed E-state index contributed by atoms with van der Waals surface area (Å²) < 4.78 is 0. The van der Waals surface area contributed by atoms with Crippen molar-refractivity contribution in [2.75, 3.05) is 13.3 Å². The molecule has 0 bridgehead atoms. The van der Waals surface area contributed by atoms with Gasteiger partial charge in [0.1, 0.15) is 0 Å². The molecular formula is C131H103N5P6. The molecule has 0 saturated heterocycles. The maximum atomic E-state index is 4.82. The van der Waals surface area contributed by atoms with E-state index >= 15 is 0 Å². The van der Waals surface area contributed by atoms with Gasteiger partial charge in [0, 0.05) is 76.8 Å². The molecule has 0 aliphatic rings. The Morgan fingerprint density at radius 1 is 0.155 bits per heavy atom. The van der Waals surface area contributed by atoms with Gasteiger partial charge in [-0.15, -0.1) is 0 Å². The van der Waals surface area contributed by atoms with Crippen molar-refractivity contribution >= 4 is 187 Å². The first kappa shape index (κ1) is 95.7. The summed E-state index contributed by atoms with van der Waals surface area (Å²) in [6.07, 6.45) is 9.40. The Morgan fingerprint density at radius 3 is 0.887 bits per heavy atom. The van der Waals surface area contributed by atoms with Crippen molar-refractivity contribution in [3.63, 3.8) is 0 Å². The number of hydrogen-bond donors (Lipinski definition) is 0. The van der Waals surface area contributed by atoms with Gasteiger partial charge in [-0.1, -0.05) is 524 Å². The van der Waals surface area contributed by atoms with Gasteiger partial charge >= 0.3 is 0 Å². The predicted molar refractivity (Wildman–Crippen MR) is 623 cm³/mol. The summed E-state index contributed by atoms with van der Waals surface area (Å²) >= 11 is 0. The SMILES string of the molecule is CP(C)c1cccc2cccnc12.c1ccc(P(c2ccccc2)c2ccc3ccccc3c2-c2cccc3ccccc23)cc1.c1ccc(P(c2ccccc2)c2cccc3cccnc23)cc1.c1ccc(P(c2ccccc2)c2ccccc2-c2ccccn2)cc1.c1ccc(P(c2ccccc2)c2ccccc2-c2nccc3ccccc23)cc1.c1ccc(P(c2ccccc2)c2ccccn2)cc1. The molecule has 0 aliphatic heterocycles. The van der Waals surface area contributed by atoms with Crippen LogP contribution in [-0.4, -0.2) is 38.2 Å². The van der Waals surface area contributed by atoms with Crippen molar-refractivity contribution in [3.8, 4) is 33.6 Å². The highest BCUT2D eigenvalue weighted by Crippen LogP contribution is 2.45. The maximum Gasteiger partial charge on any atom is 0.0786 e. The minimum Gasteiger partial charge on any atom is -0.256 e. The largest absolute Gasteiger partial charge is 0.256 e. The van der Waals surface area contributed by atoms with Crippen molar-refractivity contribution in [1.82, 2.24) is 24.9 Å². The Balaban J connectivity index is 0.000000110. The highest BCUT2D eigenvalue weighted by Gasteiger charge is 2.27. The van der Waals surface area contributed by atoms with Crippen molar-refractivity contribution in [2.45, 2.75) is 0 Å². The zero-order valence-electron chi connectivity index (χ0n) is 78.9. The Kier molecular flexibility index (Phi) is 32.8. The normalized spacial score (nSPS) is 11.0. The fourth-order valence-corrected chi connectivity index (χ4v) is 30.9.